The van der Waals surface area contributed by atoms with Crippen molar-refractivity contribution in [3.8, 4) is 5.75 Å². The summed E-state index contributed by atoms with van der Waals surface area (Å²) in [6.07, 6.45) is -2.90. The van der Waals surface area contributed by atoms with Gasteiger partial charge in [0.05, 0.1) is 18.2 Å². The zero-order valence-corrected chi connectivity index (χ0v) is 19.6. The molecule has 3 amide bonds. The van der Waals surface area contributed by atoms with Crippen LogP contribution in [0.4, 0.5) is 0 Å². The Morgan fingerprint density at radius 2 is 1.32 bits per heavy atom. The van der Waals surface area contributed by atoms with Crippen molar-refractivity contribution in [1.29, 1.82) is 0 Å². The summed E-state index contributed by atoms with van der Waals surface area (Å²) >= 11 is 0. The highest BCUT2D eigenvalue weighted by atomic mass is 16.4. The summed E-state index contributed by atoms with van der Waals surface area (Å²) in [5.74, 6) is -4.19. The van der Waals surface area contributed by atoms with E-state index < -0.39 is 60.1 Å². The Balaban J connectivity index is 3.11. The van der Waals surface area contributed by atoms with Crippen molar-refractivity contribution < 1.29 is 39.6 Å². The van der Waals surface area contributed by atoms with Crippen LogP contribution in [0.2, 0.25) is 0 Å². The smallest absolute Gasteiger partial charge is 0.328 e. The van der Waals surface area contributed by atoms with Gasteiger partial charge < -0.3 is 42.1 Å². The van der Waals surface area contributed by atoms with E-state index in [1.165, 1.54) is 19.1 Å². The summed E-state index contributed by atoms with van der Waals surface area (Å²) < 4.78 is 0. The average molecular weight is 483 g/mol. The first kappa shape index (κ1) is 28.8. The number of carboxylic acid groups (broad SMARTS) is 1. The monoisotopic (exact) mass is 482 g/mol. The summed E-state index contributed by atoms with van der Waals surface area (Å²) in [7, 11) is 0. The molecule has 12 nitrogen and oxygen atoms in total. The van der Waals surface area contributed by atoms with E-state index in [4.69, 9.17) is 10.8 Å². The topological polar surface area (TPSA) is 211 Å². The van der Waals surface area contributed by atoms with E-state index in [1.807, 2.05) is 0 Å². The van der Waals surface area contributed by atoms with Gasteiger partial charge in [-0.1, -0.05) is 26.0 Å². The highest BCUT2D eigenvalue weighted by molar-refractivity contribution is 5.94. The highest BCUT2D eigenvalue weighted by Gasteiger charge is 2.34. The van der Waals surface area contributed by atoms with Crippen LogP contribution in [0.25, 0.3) is 0 Å². The number of hydrogen-bond donors (Lipinski definition) is 8. The molecule has 34 heavy (non-hydrogen) atoms. The number of nitrogens with two attached hydrogens (primary N) is 1. The van der Waals surface area contributed by atoms with Crippen LogP contribution in [0, 0.1) is 5.92 Å². The minimum absolute atomic E-state index is 0.00699. The average Bonchev–Trinajstić information content (AvgIpc) is 2.74. The van der Waals surface area contributed by atoms with Gasteiger partial charge in [0.2, 0.25) is 17.7 Å². The third-order valence-electron chi connectivity index (χ3n) is 5.14. The first-order valence-electron chi connectivity index (χ1n) is 10.8. The number of phenolic OH excluding ortho intramolecular Hbond substituents is 1. The van der Waals surface area contributed by atoms with E-state index in [9.17, 15) is 34.5 Å². The molecule has 0 aliphatic heterocycles. The number of phenols is 1. The molecule has 1 aromatic carbocycles. The summed E-state index contributed by atoms with van der Waals surface area (Å²) in [6, 6.07) is 0.538. The SMILES string of the molecule is CC(C)C(N)C(=O)NC(Cc1ccc(O)cc1)C(=O)NC(C(=O)NC(C(=O)O)C(C)O)C(C)O. The molecule has 0 saturated heterocycles. The fraction of sp³-hybridized carbons (Fsp3) is 0.545. The molecule has 1 rings (SSSR count). The molecule has 0 aromatic heterocycles. The minimum Gasteiger partial charge on any atom is -0.508 e. The maximum atomic E-state index is 13.0. The van der Waals surface area contributed by atoms with Gasteiger partial charge >= 0.3 is 5.97 Å². The molecule has 0 fully saturated rings. The molecule has 9 N–H and O–H groups in total. The first-order valence-corrected chi connectivity index (χ1v) is 10.8. The molecule has 1 aromatic rings. The normalized spacial score (nSPS) is 16.5. The number of aliphatic carboxylic acids is 1. The van der Waals surface area contributed by atoms with Gasteiger partial charge in [-0.15, -0.1) is 0 Å². The Kier molecular flexibility index (Phi) is 10.9. The molecule has 0 radical (unpaired) electrons. The molecule has 6 atom stereocenters. The molecule has 6 unspecified atom stereocenters. The standard InChI is InChI=1S/C22H34N4O8/c1-10(2)16(23)20(31)24-15(9-13-5-7-14(29)8-6-13)19(30)25-17(11(3)27)21(32)26-18(12(4)28)22(33)34/h5-8,10-12,15-18,27-29H,9,23H2,1-4H3,(H,24,31)(H,25,30)(H,26,32)(H,33,34). The van der Waals surface area contributed by atoms with Gasteiger partial charge in [-0.25, -0.2) is 4.79 Å². The number of hydrogen-bond acceptors (Lipinski definition) is 8. The first-order chi connectivity index (χ1) is 15.7. The Morgan fingerprint density at radius 3 is 1.76 bits per heavy atom. The number of nitrogens with one attached hydrogen (secondary N) is 3. The van der Waals surface area contributed by atoms with Crippen LogP contribution in [-0.4, -0.2) is 80.5 Å². The molecule has 190 valence electrons. The van der Waals surface area contributed by atoms with E-state index in [0.29, 0.717) is 5.56 Å². The zero-order chi connectivity index (χ0) is 26.2. The third kappa shape index (κ3) is 8.61. The fourth-order valence-electron chi connectivity index (χ4n) is 2.94. The quantitative estimate of drug-likeness (QED) is 0.169. The Labute approximate surface area is 197 Å². The number of carboxylic acids is 1. The number of carbonyl (C=O) groups is 4. The van der Waals surface area contributed by atoms with Crippen molar-refractivity contribution in [3.05, 3.63) is 29.8 Å². The van der Waals surface area contributed by atoms with Crippen LogP contribution in [0.5, 0.6) is 5.75 Å². The molecule has 0 heterocycles. The van der Waals surface area contributed by atoms with Crippen LogP contribution in [0.15, 0.2) is 24.3 Å². The number of rotatable bonds is 12. The molecule has 0 bridgehead atoms. The summed E-state index contributed by atoms with van der Waals surface area (Å²) in [4.78, 5) is 49.4. The zero-order valence-electron chi connectivity index (χ0n) is 19.6. The van der Waals surface area contributed by atoms with Crippen molar-refractivity contribution in [2.24, 2.45) is 11.7 Å². The Bertz CT molecular complexity index is 857. The van der Waals surface area contributed by atoms with E-state index in [0.717, 1.165) is 6.92 Å². The second-order valence-corrected chi connectivity index (χ2v) is 8.49. The number of aliphatic hydroxyl groups excluding tert-OH is 2. The molecule has 0 aliphatic carbocycles. The number of aromatic hydroxyl groups is 1. The van der Waals surface area contributed by atoms with Crippen molar-refractivity contribution in [2.45, 2.75) is 70.5 Å². The lowest BCUT2D eigenvalue weighted by Gasteiger charge is -2.27. The van der Waals surface area contributed by atoms with Gasteiger partial charge in [-0.3, -0.25) is 14.4 Å². The van der Waals surface area contributed by atoms with Crippen LogP contribution in [0.3, 0.4) is 0 Å². The lowest BCUT2D eigenvalue weighted by Crippen LogP contribution is -2.61. The highest BCUT2D eigenvalue weighted by Crippen LogP contribution is 2.12. The van der Waals surface area contributed by atoms with Gasteiger partial charge in [0.15, 0.2) is 6.04 Å². The van der Waals surface area contributed by atoms with Gasteiger partial charge in [-0.2, -0.15) is 0 Å². The van der Waals surface area contributed by atoms with Crippen molar-refractivity contribution in [1.82, 2.24) is 16.0 Å². The van der Waals surface area contributed by atoms with E-state index >= 15 is 0 Å². The second kappa shape index (κ2) is 12.9. The van der Waals surface area contributed by atoms with Gasteiger partial charge in [0, 0.05) is 6.42 Å². The maximum absolute atomic E-state index is 13.0. The number of benzene rings is 1. The van der Waals surface area contributed by atoms with Crippen LogP contribution in [-0.2, 0) is 25.6 Å². The Hall–Kier alpha value is -3.22. The van der Waals surface area contributed by atoms with Gasteiger partial charge in [0.25, 0.3) is 0 Å². The van der Waals surface area contributed by atoms with Crippen LogP contribution in [0.1, 0.15) is 33.3 Å². The number of aliphatic hydroxyl groups is 2. The largest absolute Gasteiger partial charge is 0.508 e. The van der Waals surface area contributed by atoms with Gasteiger partial charge in [-0.05, 0) is 37.5 Å². The predicted molar refractivity (Wildman–Crippen MR) is 121 cm³/mol. The number of amides is 3. The summed E-state index contributed by atoms with van der Waals surface area (Å²) in [5, 5.41) is 45.2. The van der Waals surface area contributed by atoms with Crippen LogP contribution < -0.4 is 21.7 Å². The van der Waals surface area contributed by atoms with Crippen molar-refractivity contribution in [3.63, 3.8) is 0 Å². The summed E-state index contributed by atoms with van der Waals surface area (Å²) in [6.45, 7) is 5.84. The fourth-order valence-corrected chi connectivity index (χ4v) is 2.94. The van der Waals surface area contributed by atoms with E-state index in [2.05, 4.69) is 16.0 Å². The lowest BCUT2D eigenvalue weighted by molar-refractivity contribution is -0.146. The van der Waals surface area contributed by atoms with Crippen LogP contribution >= 0.6 is 0 Å². The lowest BCUT2D eigenvalue weighted by atomic mass is 10.0. The molecular weight excluding hydrogens is 448 g/mol. The number of carbonyl (C=O) groups excluding carboxylic acids is 3. The van der Waals surface area contributed by atoms with Gasteiger partial charge in [0.1, 0.15) is 17.8 Å². The maximum Gasteiger partial charge on any atom is 0.328 e. The van der Waals surface area contributed by atoms with E-state index in [-0.39, 0.29) is 18.1 Å². The van der Waals surface area contributed by atoms with E-state index in [1.54, 1.807) is 26.0 Å². The van der Waals surface area contributed by atoms with Crippen molar-refractivity contribution >= 4 is 23.7 Å². The molecule has 12 heteroatoms. The molecule has 0 aliphatic rings. The third-order valence-corrected chi connectivity index (χ3v) is 5.14. The molecular formula is C22H34N4O8. The molecule has 0 saturated carbocycles. The second-order valence-electron chi connectivity index (χ2n) is 8.49. The summed E-state index contributed by atoms with van der Waals surface area (Å²) in [5.41, 5.74) is 6.45. The predicted octanol–water partition coefficient (Wildman–Crippen LogP) is -1.78. The van der Waals surface area contributed by atoms with Crippen molar-refractivity contribution in [2.75, 3.05) is 0 Å². The molecule has 0 spiro atoms. The minimum atomic E-state index is -1.66. The Morgan fingerprint density at radius 1 is 0.824 bits per heavy atom.